The first-order valence-electron chi connectivity index (χ1n) is 6.47. The maximum Gasteiger partial charge on any atom is 0.0315 e. The summed E-state index contributed by atoms with van der Waals surface area (Å²) in [6.45, 7) is 5.17. The summed E-state index contributed by atoms with van der Waals surface area (Å²) in [6.07, 6.45) is 5.87. The summed E-state index contributed by atoms with van der Waals surface area (Å²) in [4.78, 5) is 5.48. The Morgan fingerprint density at radius 2 is 1.95 bits per heavy atom. The molecule has 0 spiro atoms. The molecule has 0 aliphatic carbocycles. The molecule has 1 aromatic heterocycles. The Balaban J connectivity index is 1.97. The number of aromatic nitrogens is 1. The minimum absolute atomic E-state index is 0.343. The number of hydrogen-bond acceptors (Lipinski definition) is 3. The molecule has 1 atom stereocenters. The van der Waals surface area contributed by atoms with Gasteiger partial charge in [0.05, 0.1) is 0 Å². The third-order valence-electron chi connectivity index (χ3n) is 3.36. The number of rotatable bonds is 5. The van der Waals surface area contributed by atoms with Crippen LogP contribution in [0.3, 0.4) is 0 Å². The van der Waals surface area contributed by atoms with Gasteiger partial charge in [-0.05, 0) is 55.0 Å². The fourth-order valence-corrected chi connectivity index (χ4v) is 2.36. The van der Waals surface area contributed by atoms with Crippen LogP contribution in [-0.2, 0) is 6.54 Å². The Morgan fingerprint density at radius 1 is 1.21 bits per heavy atom. The Hall–Kier alpha value is -1.32. The minimum atomic E-state index is 0.343. The van der Waals surface area contributed by atoms with Crippen molar-refractivity contribution < 1.29 is 0 Å². The second-order valence-corrected chi connectivity index (χ2v) is 5.56. The number of nitrogens with zero attached hydrogens (tertiary/aromatic N) is 1. The quantitative estimate of drug-likeness (QED) is 0.834. The van der Waals surface area contributed by atoms with E-state index >= 15 is 0 Å². The topological polar surface area (TPSA) is 24.9 Å². The van der Waals surface area contributed by atoms with Crippen LogP contribution in [0.1, 0.15) is 29.7 Å². The van der Waals surface area contributed by atoms with Crippen molar-refractivity contribution in [3.05, 3.63) is 59.4 Å². The molecule has 1 aromatic carbocycles. The van der Waals surface area contributed by atoms with Crippen molar-refractivity contribution in [3.63, 3.8) is 0 Å². The van der Waals surface area contributed by atoms with E-state index in [-0.39, 0.29) is 0 Å². The molecular formula is C16H20N2S. The summed E-state index contributed by atoms with van der Waals surface area (Å²) in [5, 5.41) is 3.55. The summed E-state index contributed by atoms with van der Waals surface area (Å²) in [6, 6.07) is 11.1. The molecule has 0 saturated carbocycles. The van der Waals surface area contributed by atoms with Gasteiger partial charge in [0.25, 0.3) is 0 Å². The largest absolute Gasteiger partial charge is 0.306 e. The summed E-state index contributed by atoms with van der Waals surface area (Å²) in [7, 11) is 0. The van der Waals surface area contributed by atoms with Gasteiger partial charge in [-0.25, -0.2) is 0 Å². The maximum absolute atomic E-state index is 4.18. The normalized spacial score (nSPS) is 12.4. The van der Waals surface area contributed by atoms with Crippen LogP contribution in [0.5, 0.6) is 0 Å². The standard InChI is InChI=1S/C16H20N2S/c1-12-8-9-17-10-15(12)11-18-13(2)14-4-6-16(19-3)7-5-14/h4-10,13,18H,11H2,1-3H3. The Bertz CT molecular complexity index is 523. The molecule has 0 aliphatic heterocycles. The van der Waals surface area contributed by atoms with Crippen molar-refractivity contribution in [2.24, 2.45) is 0 Å². The predicted molar refractivity (Wildman–Crippen MR) is 82.5 cm³/mol. The van der Waals surface area contributed by atoms with E-state index < -0.39 is 0 Å². The highest BCUT2D eigenvalue weighted by Gasteiger charge is 2.05. The van der Waals surface area contributed by atoms with Gasteiger partial charge in [0, 0.05) is 29.9 Å². The first-order valence-corrected chi connectivity index (χ1v) is 7.70. The van der Waals surface area contributed by atoms with Gasteiger partial charge >= 0.3 is 0 Å². The molecule has 0 amide bonds. The SMILES string of the molecule is CSc1ccc(C(C)NCc2cnccc2C)cc1. The van der Waals surface area contributed by atoms with Crippen LogP contribution < -0.4 is 5.32 Å². The van der Waals surface area contributed by atoms with Crippen molar-refractivity contribution in [1.29, 1.82) is 0 Å². The molecule has 19 heavy (non-hydrogen) atoms. The van der Waals surface area contributed by atoms with Crippen LogP contribution in [0.2, 0.25) is 0 Å². The van der Waals surface area contributed by atoms with Gasteiger partial charge < -0.3 is 5.32 Å². The molecule has 2 nitrogen and oxygen atoms in total. The van der Waals surface area contributed by atoms with Crippen LogP contribution in [0, 0.1) is 6.92 Å². The number of aryl methyl sites for hydroxylation is 1. The Kier molecular flexibility index (Phi) is 5.00. The van der Waals surface area contributed by atoms with Crippen molar-refractivity contribution >= 4 is 11.8 Å². The number of benzene rings is 1. The lowest BCUT2D eigenvalue weighted by Crippen LogP contribution is -2.18. The lowest BCUT2D eigenvalue weighted by atomic mass is 10.1. The van der Waals surface area contributed by atoms with Crippen molar-refractivity contribution in [2.45, 2.75) is 31.3 Å². The van der Waals surface area contributed by atoms with Crippen molar-refractivity contribution in [1.82, 2.24) is 10.3 Å². The van der Waals surface area contributed by atoms with E-state index in [2.05, 4.69) is 60.7 Å². The van der Waals surface area contributed by atoms with E-state index in [9.17, 15) is 0 Å². The van der Waals surface area contributed by atoms with E-state index in [4.69, 9.17) is 0 Å². The van der Waals surface area contributed by atoms with Crippen molar-refractivity contribution in [3.8, 4) is 0 Å². The molecule has 0 fully saturated rings. The van der Waals surface area contributed by atoms with E-state index in [1.165, 1.54) is 21.6 Å². The Morgan fingerprint density at radius 3 is 2.58 bits per heavy atom. The third-order valence-corrected chi connectivity index (χ3v) is 4.11. The van der Waals surface area contributed by atoms with Gasteiger partial charge in [-0.3, -0.25) is 4.98 Å². The molecule has 1 heterocycles. The smallest absolute Gasteiger partial charge is 0.0315 e. The summed E-state index contributed by atoms with van der Waals surface area (Å²) in [5.74, 6) is 0. The number of thioether (sulfide) groups is 1. The molecule has 0 bridgehead atoms. The third kappa shape index (κ3) is 3.82. The average Bonchev–Trinajstić information content (AvgIpc) is 2.46. The number of pyridine rings is 1. The summed E-state index contributed by atoms with van der Waals surface area (Å²) in [5.41, 5.74) is 3.86. The molecule has 2 aromatic rings. The highest BCUT2D eigenvalue weighted by molar-refractivity contribution is 7.98. The van der Waals surface area contributed by atoms with Crippen LogP contribution in [-0.4, -0.2) is 11.2 Å². The fourth-order valence-electron chi connectivity index (χ4n) is 1.96. The average molecular weight is 272 g/mol. The van der Waals surface area contributed by atoms with Gasteiger partial charge in [-0.15, -0.1) is 11.8 Å². The fraction of sp³-hybridized carbons (Fsp3) is 0.312. The summed E-state index contributed by atoms with van der Waals surface area (Å²) >= 11 is 1.77. The lowest BCUT2D eigenvalue weighted by Gasteiger charge is -2.15. The van der Waals surface area contributed by atoms with Gasteiger partial charge in [0.2, 0.25) is 0 Å². The molecule has 0 radical (unpaired) electrons. The van der Waals surface area contributed by atoms with Crippen LogP contribution >= 0.6 is 11.8 Å². The molecule has 1 unspecified atom stereocenters. The zero-order valence-corrected chi connectivity index (χ0v) is 12.5. The predicted octanol–water partition coefficient (Wildman–Crippen LogP) is 3.96. The van der Waals surface area contributed by atoms with E-state index in [1.807, 2.05) is 12.4 Å². The molecule has 1 N–H and O–H groups in total. The van der Waals surface area contributed by atoms with Crippen LogP contribution in [0.15, 0.2) is 47.6 Å². The number of hydrogen-bond donors (Lipinski definition) is 1. The van der Waals surface area contributed by atoms with Crippen molar-refractivity contribution in [2.75, 3.05) is 6.26 Å². The van der Waals surface area contributed by atoms with E-state index in [1.54, 1.807) is 11.8 Å². The Labute approximate surface area is 119 Å². The molecular weight excluding hydrogens is 252 g/mol. The van der Waals surface area contributed by atoms with E-state index in [0.29, 0.717) is 6.04 Å². The van der Waals surface area contributed by atoms with Crippen LogP contribution in [0.4, 0.5) is 0 Å². The number of nitrogens with one attached hydrogen (secondary N) is 1. The minimum Gasteiger partial charge on any atom is -0.306 e. The van der Waals surface area contributed by atoms with Gasteiger partial charge in [0.1, 0.15) is 0 Å². The maximum atomic E-state index is 4.18. The van der Waals surface area contributed by atoms with Gasteiger partial charge in [-0.1, -0.05) is 12.1 Å². The monoisotopic (exact) mass is 272 g/mol. The second kappa shape index (κ2) is 6.73. The first kappa shape index (κ1) is 14.1. The molecule has 100 valence electrons. The summed E-state index contributed by atoms with van der Waals surface area (Å²) < 4.78 is 0. The van der Waals surface area contributed by atoms with Crippen LogP contribution in [0.25, 0.3) is 0 Å². The van der Waals surface area contributed by atoms with Gasteiger partial charge in [-0.2, -0.15) is 0 Å². The highest BCUT2D eigenvalue weighted by Crippen LogP contribution is 2.19. The first-order chi connectivity index (χ1) is 9.20. The molecule has 2 rings (SSSR count). The molecule has 3 heteroatoms. The van der Waals surface area contributed by atoms with E-state index in [0.717, 1.165) is 6.54 Å². The zero-order chi connectivity index (χ0) is 13.7. The molecule has 0 saturated heterocycles. The molecule has 0 aliphatic rings. The lowest BCUT2D eigenvalue weighted by molar-refractivity contribution is 0.572. The van der Waals surface area contributed by atoms with Gasteiger partial charge in [0.15, 0.2) is 0 Å². The highest BCUT2D eigenvalue weighted by atomic mass is 32.2. The zero-order valence-electron chi connectivity index (χ0n) is 11.7. The second-order valence-electron chi connectivity index (χ2n) is 4.68.